The van der Waals surface area contributed by atoms with Gasteiger partial charge < -0.3 is 5.32 Å². The molecule has 1 heterocycles. The number of aryl methyl sites for hydroxylation is 1. The van der Waals surface area contributed by atoms with Crippen LogP contribution in [0.1, 0.15) is 11.1 Å². The SMILES string of the molecule is Cc1ccc2c(c1C)NCNS2(=O)=O. The molecule has 0 saturated carbocycles. The zero-order valence-corrected chi connectivity index (χ0v) is 8.90. The van der Waals surface area contributed by atoms with E-state index in [1.165, 1.54) is 0 Å². The monoisotopic (exact) mass is 212 g/mol. The van der Waals surface area contributed by atoms with E-state index < -0.39 is 10.0 Å². The van der Waals surface area contributed by atoms with Crippen LogP contribution in [0.25, 0.3) is 0 Å². The third-order valence-corrected chi connectivity index (χ3v) is 3.96. The minimum absolute atomic E-state index is 0.264. The molecule has 0 unspecified atom stereocenters. The van der Waals surface area contributed by atoms with Crippen LogP contribution in [0.3, 0.4) is 0 Å². The molecule has 4 nitrogen and oxygen atoms in total. The second-order valence-electron chi connectivity index (χ2n) is 3.38. The number of hydrogen-bond donors (Lipinski definition) is 2. The Bertz CT molecular complexity index is 480. The molecule has 2 rings (SSSR count). The summed E-state index contributed by atoms with van der Waals surface area (Å²) in [7, 11) is -3.29. The number of rotatable bonds is 0. The molecule has 0 radical (unpaired) electrons. The van der Waals surface area contributed by atoms with Gasteiger partial charge in [0.05, 0.1) is 12.4 Å². The topological polar surface area (TPSA) is 58.2 Å². The summed E-state index contributed by atoms with van der Waals surface area (Å²) in [6.07, 6.45) is 0. The lowest BCUT2D eigenvalue weighted by atomic mass is 10.1. The van der Waals surface area contributed by atoms with Crippen LogP contribution >= 0.6 is 0 Å². The van der Waals surface area contributed by atoms with Crippen molar-refractivity contribution in [1.29, 1.82) is 0 Å². The number of fused-ring (bicyclic) bond motifs is 1. The number of anilines is 1. The van der Waals surface area contributed by atoms with Crippen molar-refractivity contribution < 1.29 is 8.42 Å². The Morgan fingerprint density at radius 2 is 2.00 bits per heavy atom. The zero-order chi connectivity index (χ0) is 10.3. The van der Waals surface area contributed by atoms with E-state index in [0.29, 0.717) is 4.90 Å². The average molecular weight is 212 g/mol. The smallest absolute Gasteiger partial charge is 0.244 e. The predicted octanol–water partition coefficient (Wildman–Crippen LogP) is 0.965. The summed E-state index contributed by atoms with van der Waals surface area (Å²) in [6.45, 7) is 4.15. The maximum Gasteiger partial charge on any atom is 0.244 e. The van der Waals surface area contributed by atoms with Crippen molar-refractivity contribution in [2.75, 3.05) is 12.0 Å². The van der Waals surface area contributed by atoms with Crippen LogP contribution in [-0.4, -0.2) is 15.1 Å². The zero-order valence-electron chi connectivity index (χ0n) is 8.09. The van der Waals surface area contributed by atoms with E-state index in [1.54, 1.807) is 6.07 Å². The van der Waals surface area contributed by atoms with E-state index in [9.17, 15) is 8.42 Å². The Balaban J connectivity index is 2.75. The van der Waals surface area contributed by atoms with E-state index in [-0.39, 0.29) is 6.67 Å². The van der Waals surface area contributed by atoms with E-state index in [4.69, 9.17) is 0 Å². The molecule has 0 atom stereocenters. The molecule has 0 fully saturated rings. The lowest BCUT2D eigenvalue weighted by Gasteiger charge is -2.21. The van der Waals surface area contributed by atoms with E-state index in [0.717, 1.165) is 16.8 Å². The van der Waals surface area contributed by atoms with Gasteiger partial charge in [0.25, 0.3) is 0 Å². The molecule has 14 heavy (non-hydrogen) atoms. The van der Waals surface area contributed by atoms with Crippen LogP contribution in [0.4, 0.5) is 5.69 Å². The molecule has 0 amide bonds. The van der Waals surface area contributed by atoms with Crippen LogP contribution in [0.5, 0.6) is 0 Å². The highest BCUT2D eigenvalue weighted by Gasteiger charge is 2.23. The van der Waals surface area contributed by atoms with Crippen molar-refractivity contribution in [2.24, 2.45) is 0 Å². The molecule has 0 bridgehead atoms. The van der Waals surface area contributed by atoms with Gasteiger partial charge in [-0.2, -0.15) is 4.72 Å². The first kappa shape index (κ1) is 9.48. The van der Waals surface area contributed by atoms with Gasteiger partial charge in [-0.1, -0.05) is 6.07 Å². The quantitative estimate of drug-likeness (QED) is 0.673. The van der Waals surface area contributed by atoms with Crippen molar-refractivity contribution in [3.8, 4) is 0 Å². The normalized spacial score (nSPS) is 18.4. The molecule has 0 aliphatic carbocycles. The van der Waals surface area contributed by atoms with Crippen LogP contribution in [0.15, 0.2) is 17.0 Å². The molecule has 2 N–H and O–H groups in total. The highest BCUT2D eigenvalue weighted by Crippen LogP contribution is 2.29. The standard InChI is InChI=1S/C9H12N2O2S/c1-6-3-4-8-9(7(6)2)10-5-11-14(8,12)13/h3-4,10-11H,5H2,1-2H3. The fourth-order valence-electron chi connectivity index (χ4n) is 1.53. The molecular formula is C9H12N2O2S. The molecule has 1 aliphatic rings. The van der Waals surface area contributed by atoms with Gasteiger partial charge in [0, 0.05) is 0 Å². The van der Waals surface area contributed by atoms with Gasteiger partial charge in [-0.3, -0.25) is 0 Å². The molecular weight excluding hydrogens is 200 g/mol. The maximum absolute atomic E-state index is 11.6. The molecule has 1 aromatic carbocycles. The minimum atomic E-state index is -3.29. The third kappa shape index (κ3) is 1.29. The average Bonchev–Trinajstić information content (AvgIpc) is 2.11. The number of benzene rings is 1. The summed E-state index contributed by atoms with van der Waals surface area (Å²) >= 11 is 0. The molecule has 1 aliphatic heterocycles. The van der Waals surface area contributed by atoms with Gasteiger partial charge in [-0.05, 0) is 31.0 Å². The largest absolute Gasteiger partial charge is 0.370 e. The van der Waals surface area contributed by atoms with Crippen LogP contribution in [-0.2, 0) is 10.0 Å². The van der Waals surface area contributed by atoms with Gasteiger partial charge >= 0.3 is 0 Å². The summed E-state index contributed by atoms with van der Waals surface area (Å²) in [5.74, 6) is 0. The molecule has 5 heteroatoms. The Kier molecular flexibility index (Phi) is 2.01. The molecule has 0 saturated heterocycles. The molecule has 0 spiro atoms. The third-order valence-electron chi connectivity index (χ3n) is 2.51. The number of sulfonamides is 1. The molecule has 1 aromatic rings. The molecule has 76 valence electrons. The summed E-state index contributed by atoms with van der Waals surface area (Å²) in [5, 5.41) is 3.04. The van der Waals surface area contributed by atoms with Crippen LogP contribution < -0.4 is 10.0 Å². The lowest BCUT2D eigenvalue weighted by molar-refractivity contribution is 0.581. The highest BCUT2D eigenvalue weighted by atomic mass is 32.2. The number of nitrogens with one attached hydrogen (secondary N) is 2. The van der Waals surface area contributed by atoms with Crippen molar-refractivity contribution >= 4 is 15.7 Å². The van der Waals surface area contributed by atoms with Gasteiger partial charge in [0.15, 0.2) is 0 Å². The Morgan fingerprint density at radius 1 is 1.29 bits per heavy atom. The van der Waals surface area contributed by atoms with Crippen molar-refractivity contribution in [2.45, 2.75) is 18.7 Å². The second-order valence-corrected chi connectivity index (χ2v) is 5.12. The lowest BCUT2D eigenvalue weighted by Crippen LogP contribution is -2.35. The van der Waals surface area contributed by atoms with E-state index in [1.807, 2.05) is 19.9 Å². The first-order chi connectivity index (χ1) is 6.52. The minimum Gasteiger partial charge on any atom is -0.370 e. The Hall–Kier alpha value is -1.07. The van der Waals surface area contributed by atoms with Crippen molar-refractivity contribution in [1.82, 2.24) is 4.72 Å². The Morgan fingerprint density at radius 3 is 2.71 bits per heavy atom. The fraction of sp³-hybridized carbons (Fsp3) is 0.333. The summed E-state index contributed by atoms with van der Waals surface area (Å²) in [4.78, 5) is 0.340. The maximum atomic E-state index is 11.6. The number of hydrogen-bond acceptors (Lipinski definition) is 3. The first-order valence-electron chi connectivity index (χ1n) is 4.36. The second kappa shape index (κ2) is 2.96. The van der Waals surface area contributed by atoms with Crippen molar-refractivity contribution in [3.63, 3.8) is 0 Å². The predicted molar refractivity (Wildman–Crippen MR) is 54.7 cm³/mol. The van der Waals surface area contributed by atoms with Crippen molar-refractivity contribution in [3.05, 3.63) is 23.3 Å². The highest BCUT2D eigenvalue weighted by molar-refractivity contribution is 7.89. The van der Waals surface area contributed by atoms with Gasteiger partial charge in [-0.25, -0.2) is 8.42 Å². The van der Waals surface area contributed by atoms with Crippen LogP contribution in [0.2, 0.25) is 0 Å². The summed E-state index contributed by atoms with van der Waals surface area (Å²) < 4.78 is 25.6. The molecule has 0 aromatic heterocycles. The summed E-state index contributed by atoms with van der Waals surface area (Å²) in [6, 6.07) is 3.45. The van der Waals surface area contributed by atoms with E-state index in [2.05, 4.69) is 10.0 Å². The van der Waals surface area contributed by atoms with Gasteiger partial charge in [-0.15, -0.1) is 0 Å². The fourth-order valence-corrected chi connectivity index (χ4v) is 2.69. The van der Waals surface area contributed by atoms with Gasteiger partial charge in [0.1, 0.15) is 4.90 Å². The Labute approximate surface area is 83.4 Å². The first-order valence-corrected chi connectivity index (χ1v) is 5.84. The van der Waals surface area contributed by atoms with Crippen LogP contribution in [0, 0.1) is 13.8 Å². The van der Waals surface area contributed by atoms with E-state index >= 15 is 0 Å². The summed E-state index contributed by atoms with van der Waals surface area (Å²) in [5.41, 5.74) is 2.81. The van der Waals surface area contributed by atoms with Gasteiger partial charge in [0.2, 0.25) is 10.0 Å².